The number of rotatable bonds is 2. The number of amides is 1. The molecule has 0 bridgehead atoms. The molecule has 0 aliphatic rings. The lowest BCUT2D eigenvalue weighted by molar-refractivity contribution is -0.137. The minimum atomic E-state index is -4.55. The Labute approximate surface area is 143 Å². The van der Waals surface area contributed by atoms with Gasteiger partial charge in [-0.15, -0.1) is 0 Å². The molecule has 0 aliphatic heterocycles. The van der Waals surface area contributed by atoms with E-state index in [-0.39, 0.29) is 26.3 Å². The van der Waals surface area contributed by atoms with Gasteiger partial charge in [0.05, 0.1) is 21.2 Å². The summed E-state index contributed by atoms with van der Waals surface area (Å²) >= 11 is 17.2. The van der Waals surface area contributed by atoms with Crippen LogP contribution in [-0.4, -0.2) is 11.0 Å². The number of carbonyl (C=O) groups excluding carboxylic acids is 1. The molecule has 0 saturated heterocycles. The number of phenols is 1. The second-order valence-corrected chi connectivity index (χ2v) is 5.58. The van der Waals surface area contributed by atoms with Crippen molar-refractivity contribution >= 4 is 46.4 Å². The average Bonchev–Trinajstić information content (AvgIpc) is 2.48. The highest BCUT2D eigenvalue weighted by atomic mass is 35.5. The number of nitrogens with one attached hydrogen (secondary N) is 1. The summed E-state index contributed by atoms with van der Waals surface area (Å²) in [5.41, 5.74) is -1.35. The maximum atomic E-state index is 12.6. The number of anilines is 1. The van der Waals surface area contributed by atoms with Gasteiger partial charge in [0.1, 0.15) is 10.8 Å². The lowest BCUT2D eigenvalue weighted by Gasteiger charge is -2.12. The van der Waals surface area contributed by atoms with Gasteiger partial charge in [-0.05, 0) is 24.3 Å². The van der Waals surface area contributed by atoms with E-state index in [9.17, 15) is 23.1 Å². The maximum absolute atomic E-state index is 12.6. The molecule has 0 aromatic heterocycles. The lowest BCUT2D eigenvalue weighted by atomic mass is 10.1. The van der Waals surface area contributed by atoms with E-state index in [2.05, 4.69) is 5.32 Å². The molecule has 0 heterocycles. The summed E-state index contributed by atoms with van der Waals surface area (Å²) in [6, 6.07) is 5.09. The van der Waals surface area contributed by atoms with E-state index in [1.807, 2.05) is 0 Å². The summed E-state index contributed by atoms with van der Waals surface area (Å²) < 4.78 is 37.9. The van der Waals surface area contributed by atoms with Crippen LogP contribution in [-0.2, 0) is 6.18 Å². The minimum absolute atomic E-state index is 0.0799. The summed E-state index contributed by atoms with van der Waals surface area (Å²) in [4.78, 5) is 12.1. The summed E-state index contributed by atoms with van der Waals surface area (Å²) in [6.07, 6.45) is -4.55. The number of benzene rings is 2. The molecule has 9 heteroatoms. The van der Waals surface area contributed by atoms with E-state index in [4.69, 9.17) is 34.8 Å². The molecule has 0 aliphatic carbocycles. The van der Waals surface area contributed by atoms with E-state index < -0.39 is 23.4 Å². The van der Waals surface area contributed by atoms with E-state index >= 15 is 0 Å². The van der Waals surface area contributed by atoms with Crippen LogP contribution in [0.25, 0.3) is 0 Å². The van der Waals surface area contributed by atoms with Crippen LogP contribution in [0.2, 0.25) is 15.1 Å². The Morgan fingerprint density at radius 3 is 2.35 bits per heavy atom. The van der Waals surface area contributed by atoms with Crippen molar-refractivity contribution in [2.24, 2.45) is 0 Å². The quantitative estimate of drug-likeness (QED) is 0.660. The van der Waals surface area contributed by atoms with Crippen molar-refractivity contribution in [1.29, 1.82) is 0 Å². The Kier molecular flexibility index (Phi) is 4.98. The Bertz CT molecular complexity index is 779. The SMILES string of the molecule is O=C(Nc1cccc(C(F)(F)F)c1)c1cc(Cl)c(Cl)c(Cl)c1O. The third-order valence-corrected chi connectivity index (χ3v) is 4.08. The minimum Gasteiger partial charge on any atom is -0.505 e. The Morgan fingerprint density at radius 2 is 1.74 bits per heavy atom. The molecular weight excluding hydrogens is 378 g/mol. The van der Waals surface area contributed by atoms with Crippen LogP contribution >= 0.6 is 34.8 Å². The van der Waals surface area contributed by atoms with Gasteiger partial charge in [-0.2, -0.15) is 13.2 Å². The standard InChI is InChI=1S/C14H7Cl3F3NO2/c15-9-5-8(12(22)11(17)10(9)16)13(23)21-7-3-1-2-6(4-7)14(18,19)20/h1-5,22H,(H,21,23). The first-order valence-corrected chi connectivity index (χ1v) is 7.09. The monoisotopic (exact) mass is 383 g/mol. The molecule has 0 fully saturated rings. The molecule has 2 rings (SSSR count). The number of halogens is 6. The molecular formula is C14H7Cl3F3NO2. The topological polar surface area (TPSA) is 49.3 Å². The molecule has 0 atom stereocenters. The molecule has 122 valence electrons. The van der Waals surface area contributed by atoms with Gasteiger partial charge >= 0.3 is 6.18 Å². The molecule has 0 saturated carbocycles. The molecule has 2 aromatic carbocycles. The smallest absolute Gasteiger partial charge is 0.416 e. The number of phenolic OH excluding ortho intramolecular Hbond substituents is 1. The Morgan fingerprint density at radius 1 is 1.09 bits per heavy atom. The third-order valence-electron chi connectivity index (χ3n) is 2.83. The average molecular weight is 385 g/mol. The zero-order valence-electron chi connectivity index (χ0n) is 11.0. The van der Waals surface area contributed by atoms with Crippen LogP contribution in [0.4, 0.5) is 18.9 Å². The molecule has 0 unspecified atom stereocenters. The largest absolute Gasteiger partial charge is 0.505 e. The van der Waals surface area contributed by atoms with Gasteiger partial charge < -0.3 is 10.4 Å². The van der Waals surface area contributed by atoms with Crippen molar-refractivity contribution in [2.45, 2.75) is 6.18 Å². The number of hydrogen-bond acceptors (Lipinski definition) is 2. The summed E-state index contributed by atoms with van der Waals surface area (Å²) in [7, 11) is 0. The number of alkyl halides is 3. The highest BCUT2D eigenvalue weighted by Gasteiger charge is 2.30. The fourth-order valence-electron chi connectivity index (χ4n) is 1.73. The van der Waals surface area contributed by atoms with Crippen molar-refractivity contribution in [3.63, 3.8) is 0 Å². The summed E-state index contributed by atoms with van der Waals surface area (Å²) in [6.45, 7) is 0. The zero-order valence-corrected chi connectivity index (χ0v) is 13.3. The van der Waals surface area contributed by atoms with Gasteiger partial charge in [0.2, 0.25) is 0 Å². The molecule has 0 radical (unpaired) electrons. The van der Waals surface area contributed by atoms with Crippen molar-refractivity contribution < 1.29 is 23.1 Å². The van der Waals surface area contributed by atoms with Gasteiger partial charge in [0.15, 0.2) is 0 Å². The number of carbonyl (C=O) groups is 1. The van der Waals surface area contributed by atoms with E-state index in [0.29, 0.717) is 0 Å². The molecule has 23 heavy (non-hydrogen) atoms. The second-order valence-electron chi connectivity index (χ2n) is 4.42. The molecule has 0 spiro atoms. The van der Waals surface area contributed by atoms with Gasteiger partial charge in [-0.25, -0.2) is 0 Å². The molecule has 1 amide bonds. The Hall–Kier alpha value is -1.63. The van der Waals surface area contributed by atoms with Crippen molar-refractivity contribution in [2.75, 3.05) is 5.32 Å². The first kappa shape index (κ1) is 17.7. The van der Waals surface area contributed by atoms with Crippen molar-refractivity contribution in [1.82, 2.24) is 0 Å². The molecule has 2 aromatic rings. The maximum Gasteiger partial charge on any atom is 0.416 e. The highest BCUT2D eigenvalue weighted by Crippen LogP contribution is 2.39. The molecule has 3 nitrogen and oxygen atoms in total. The van der Waals surface area contributed by atoms with Crippen LogP contribution in [0.1, 0.15) is 15.9 Å². The van der Waals surface area contributed by atoms with Crippen LogP contribution in [0, 0.1) is 0 Å². The molecule has 2 N–H and O–H groups in total. The van der Waals surface area contributed by atoms with Crippen molar-refractivity contribution in [3.8, 4) is 5.75 Å². The van der Waals surface area contributed by atoms with Crippen LogP contribution in [0.15, 0.2) is 30.3 Å². The fraction of sp³-hybridized carbons (Fsp3) is 0.0714. The van der Waals surface area contributed by atoms with Crippen molar-refractivity contribution in [3.05, 3.63) is 56.5 Å². The zero-order chi connectivity index (χ0) is 17.4. The third kappa shape index (κ3) is 3.83. The van der Waals surface area contributed by atoms with Gasteiger partial charge in [-0.1, -0.05) is 40.9 Å². The van der Waals surface area contributed by atoms with E-state index in [0.717, 1.165) is 24.3 Å². The lowest BCUT2D eigenvalue weighted by Crippen LogP contribution is -2.13. The summed E-state index contributed by atoms with van der Waals surface area (Å²) in [5, 5.41) is 11.5. The number of hydrogen-bond donors (Lipinski definition) is 2. The number of aromatic hydroxyl groups is 1. The van der Waals surface area contributed by atoms with E-state index in [1.165, 1.54) is 6.07 Å². The van der Waals surface area contributed by atoms with Gasteiger partial charge in [0, 0.05) is 5.69 Å². The second kappa shape index (κ2) is 6.47. The predicted molar refractivity (Wildman–Crippen MR) is 82.5 cm³/mol. The van der Waals surface area contributed by atoms with Crippen LogP contribution in [0.5, 0.6) is 5.75 Å². The van der Waals surface area contributed by atoms with Gasteiger partial charge in [-0.3, -0.25) is 4.79 Å². The predicted octanol–water partition coefficient (Wildman–Crippen LogP) is 5.62. The fourth-order valence-corrected chi connectivity index (χ4v) is 2.33. The van der Waals surface area contributed by atoms with Crippen LogP contribution in [0.3, 0.4) is 0 Å². The van der Waals surface area contributed by atoms with Gasteiger partial charge in [0.25, 0.3) is 5.91 Å². The Balaban J connectivity index is 2.34. The first-order valence-electron chi connectivity index (χ1n) is 5.96. The first-order chi connectivity index (χ1) is 10.6. The van der Waals surface area contributed by atoms with E-state index in [1.54, 1.807) is 0 Å². The normalized spacial score (nSPS) is 11.4. The summed E-state index contributed by atoms with van der Waals surface area (Å²) in [5.74, 6) is -1.51. The highest BCUT2D eigenvalue weighted by molar-refractivity contribution is 6.49. The van der Waals surface area contributed by atoms with Crippen LogP contribution < -0.4 is 5.32 Å².